The first-order valence-corrected chi connectivity index (χ1v) is 10.1. The molecule has 4 rings (SSSR count). The molecular weight excluding hydrogens is 380 g/mol. The van der Waals surface area contributed by atoms with Crippen LogP contribution in [0.2, 0.25) is 5.02 Å². The van der Waals surface area contributed by atoms with Crippen LogP contribution >= 0.6 is 11.6 Å². The zero-order chi connectivity index (χ0) is 20.2. The molecule has 0 aliphatic carbocycles. The van der Waals surface area contributed by atoms with E-state index in [0.29, 0.717) is 11.6 Å². The van der Waals surface area contributed by atoms with Gasteiger partial charge in [0.15, 0.2) is 6.17 Å². The summed E-state index contributed by atoms with van der Waals surface area (Å²) in [5, 5.41) is 4.20. The summed E-state index contributed by atoms with van der Waals surface area (Å²) in [5.41, 5.74) is 4.93. The molecule has 0 aromatic heterocycles. The lowest BCUT2D eigenvalue weighted by Crippen LogP contribution is -2.40. The Kier molecular flexibility index (Phi) is 5.63. The lowest BCUT2D eigenvalue weighted by Gasteiger charge is -2.28. The molecule has 1 unspecified atom stereocenters. The number of hydrogen-bond donors (Lipinski definition) is 1. The summed E-state index contributed by atoms with van der Waals surface area (Å²) in [6.45, 7) is 2.70. The Morgan fingerprint density at radius 1 is 1.00 bits per heavy atom. The van der Waals surface area contributed by atoms with Crippen molar-refractivity contribution in [1.29, 1.82) is 0 Å². The van der Waals surface area contributed by atoms with Crippen molar-refractivity contribution in [3.63, 3.8) is 0 Å². The first-order chi connectivity index (χ1) is 14.2. The zero-order valence-corrected chi connectivity index (χ0v) is 17.3. The van der Waals surface area contributed by atoms with Crippen molar-refractivity contribution >= 4 is 34.5 Å². The highest BCUT2D eigenvalue weighted by Crippen LogP contribution is 2.29. The van der Waals surface area contributed by atoms with Gasteiger partial charge in [0.25, 0.3) is 0 Å². The second kappa shape index (κ2) is 8.50. The fourth-order valence-electron chi connectivity index (χ4n) is 3.47. The molecule has 146 valence electrons. The number of amidine groups is 1. The predicted molar refractivity (Wildman–Crippen MR) is 124 cm³/mol. The highest BCUT2D eigenvalue weighted by molar-refractivity contribution is 6.32. The summed E-state index contributed by atoms with van der Waals surface area (Å²) in [7, 11) is 2.04. The molecule has 0 spiro atoms. The van der Waals surface area contributed by atoms with Crippen molar-refractivity contribution in [3.8, 4) is 0 Å². The molecule has 5 heteroatoms. The lowest BCUT2D eigenvalue weighted by molar-refractivity contribution is 0.820. The van der Waals surface area contributed by atoms with E-state index in [1.54, 1.807) is 0 Å². The second-order valence-corrected chi connectivity index (χ2v) is 7.27. The molecule has 0 saturated heterocycles. The number of fused-ring (bicyclic) bond motifs is 1. The van der Waals surface area contributed by atoms with Gasteiger partial charge in [-0.15, -0.1) is 0 Å². The largest absolute Gasteiger partial charge is 0.347 e. The van der Waals surface area contributed by atoms with Gasteiger partial charge in [-0.3, -0.25) is 9.98 Å². The summed E-state index contributed by atoms with van der Waals surface area (Å²) in [4.78, 5) is 12.1. The number of aliphatic imine (C=N–C) groups is 2. The maximum atomic E-state index is 6.35. The van der Waals surface area contributed by atoms with E-state index in [9.17, 15) is 0 Å². The van der Waals surface area contributed by atoms with Gasteiger partial charge in [0, 0.05) is 41.1 Å². The van der Waals surface area contributed by atoms with Crippen LogP contribution in [0.5, 0.6) is 0 Å². The molecule has 1 N–H and O–H groups in total. The molecule has 29 heavy (non-hydrogen) atoms. The topological polar surface area (TPSA) is 40.0 Å². The van der Waals surface area contributed by atoms with Crippen molar-refractivity contribution in [2.45, 2.75) is 13.1 Å². The predicted octanol–water partition coefficient (Wildman–Crippen LogP) is 5.48. The first kappa shape index (κ1) is 19.2. The van der Waals surface area contributed by atoms with Crippen LogP contribution in [0, 0.1) is 0 Å². The fraction of sp³-hybridized carbons (Fsp3) is 0.167. The van der Waals surface area contributed by atoms with Crippen LogP contribution in [0.15, 0.2) is 88.8 Å². The number of likely N-dealkylation sites (N-methyl/N-ethyl adjacent to an activating group) is 1. The molecule has 4 nitrogen and oxygen atoms in total. The Hall–Kier alpha value is -3.11. The van der Waals surface area contributed by atoms with Crippen LogP contribution in [0.1, 0.15) is 18.1 Å². The Morgan fingerprint density at radius 2 is 1.69 bits per heavy atom. The Labute approximate surface area is 176 Å². The Balaban J connectivity index is 1.92. The minimum atomic E-state index is -0.293. The van der Waals surface area contributed by atoms with Crippen molar-refractivity contribution in [2.24, 2.45) is 9.98 Å². The molecule has 0 amide bonds. The minimum absolute atomic E-state index is 0.293. The van der Waals surface area contributed by atoms with E-state index in [-0.39, 0.29) is 6.17 Å². The Morgan fingerprint density at radius 3 is 2.38 bits per heavy atom. The minimum Gasteiger partial charge on any atom is -0.347 e. The van der Waals surface area contributed by atoms with Gasteiger partial charge in [-0.25, -0.2) is 0 Å². The molecule has 0 fully saturated rings. The van der Waals surface area contributed by atoms with Crippen molar-refractivity contribution in [1.82, 2.24) is 0 Å². The quantitative estimate of drug-likeness (QED) is 0.627. The number of nitrogens with one attached hydrogen (secondary N) is 1. The number of benzene rings is 3. The summed E-state index contributed by atoms with van der Waals surface area (Å²) >= 11 is 6.35. The number of nitrogens with zero attached hydrogens (tertiary/aromatic N) is 3. The average Bonchev–Trinajstić information content (AvgIpc) is 2.91. The number of para-hydroxylation sites is 1. The van der Waals surface area contributed by atoms with Crippen LogP contribution in [0.3, 0.4) is 0 Å². The molecular formula is C24H23ClN4. The van der Waals surface area contributed by atoms with Gasteiger partial charge in [0.05, 0.1) is 5.71 Å². The van der Waals surface area contributed by atoms with E-state index in [1.807, 2.05) is 68.6 Å². The number of hydrogen-bond acceptors (Lipinski definition) is 3. The summed E-state index contributed by atoms with van der Waals surface area (Å²) in [5.74, 6) is 0.813. The summed E-state index contributed by atoms with van der Waals surface area (Å²) < 4.78 is 0. The van der Waals surface area contributed by atoms with Gasteiger partial charge < -0.3 is 10.2 Å². The zero-order valence-electron chi connectivity index (χ0n) is 16.5. The van der Waals surface area contributed by atoms with Gasteiger partial charge in [-0.2, -0.15) is 0 Å². The third-order valence-corrected chi connectivity index (χ3v) is 5.14. The van der Waals surface area contributed by atoms with E-state index in [2.05, 4.69) is 34.5 Å². The normalized spacial score (nSPS) is 17.1. The lowest BCUT2D eigenvalue weighted by atomic mass is 10.0. The smallest absolute Gasteiger partial charge is 0.179 e. The molecule has 0 radical (unpaired) electrons. The summed E-state index contributed by atoms with van der Waals surface area (Å²) in [6, 6.07) is 26.3. The second-order valence-electron chi connectivity index (χ2n) is 6.84. The molecule has 0 saturated carbocycles. The van der Waals surface area contributed by atoms with Crippen LogP contribution < -0.4 is 10.2 Å². The molecule has 3 aromatic carbocycles. The highest BCUT2D eigenvalue weighted by Gasteiger charge is 2.27. The molecule has 1 atom stereocenters. The van der Waals surface area contributed by atoms with Crippen molar-refractivity contribution in [3.05, 3.63) is 95.0 Å². The van der Waals surface area contributed by atoms with E-state index in [1.165, 1.54) is 0 Å². The average molecular weight is 403 g/mol. The molecule has 1 aliphatic heterocycles. The van der Waals surface area contributed by atoms with Gasteiger partial charge in [-0.05, 0) is 37.3 Å². The molecule has 3 aromatic rings. The monoisotopic (exact) mass is 402 g/mol. The van der Waals surface area contributed by atoms with Crippen molar-refractivity contribution < 1.29 is 0 Å². The maximum Gasteiger partial charge on any atom is 0.179 e. The molecule has 0 bridgehead atoms. The fourth-order valence-corrected chi connectivity index (χ4v) is 3.64. The third kappa shape index (κ3) is 4.03. The number of rotatable bonds is 4. The van der Waals surface area contributed by atoms with Crippen LogP contribution in [0.4, 0.5) is 11.4 Å². The van der Waals surface area contributed by atoms with E-state index in [4.69, 9.17) is 21.6 Å². The molecule has 1 heterocycles. The van der Waals surface area contributed by atoms with Crippen LogP contribution in [-0.4, -0.2) is 31.3 Å². The maximum absolute atomic E-state index is 6.35. The van der Waals surface area contributed by atoms with Gasteiger partial charge in [-0.1, -0.05) is 60.1 Å². The van der Waals surface area contributed by atoms with E-state index in [0.717, 1.165) is 34.0 Å². The van der Waals surface area contributed by atoms with Crippen LogP contribution in [-0.2, 0) is 0 Å². The van der Waals surface area contributed by atoms with Crippen LogP contribution in [0.25, 0.3) is 0 Å². The van der Waals surface area contributed by atoms with E-state index >= 15 is 0 Å². The van der Waals surface area contributed by atoms with Gasteiger partial charge >= 0.3 is 0 Å². The summed E-state index contributed by atoms with van der Waals surface area (Å²) in [6.07, 6.45) is -0.293. The Bertz CT molecular complexity index is 1040. The standard InChI is InChI=1S/C24H23ClN4/c1-3-26-23-24(29(2)19-12-8-5-9-13-19)28-22(17-10-6-4-7-11-17)20-16-18(25)14-15-21(20)27-23/h4-16,24H,3H2,1-2H3,(H,26,27). The highest BCUT2D eigenvalue weighted by atomic mass is 35.5. The first-order valence-electron chi connectivity index (χ1n) is 9.69. The number of benzodiazepines with no additional fused rings is 1. The number of halogens is 1. The van der Waals surface area contributed by atoms with Gasteiger partial charge in [0.2, 0.25) is 0 Å². The van der Waals surface area contributed by atoms with Gasteiger partial charge in [0.1, 0.15) is 5.84 Å². The SMILES string of the molecule is CCN=C1Nc2ccc(Cl)cc2C(c2ccccc2)=NC1N(C)c1ccccc1. The third-order valence-electron chi connectivity index (χ3n) is 4.90. The van der Waals surface area contributed by atoms with E-state index < -0.39 is 0 Å². The van der Waals surface area contributed by atoms with Crippen molar-refractivity contribution in [2.75, 3.05) is 23.8 Å². The molecule has 1 aliphatic rings. The number of anilines is 2.